The predicted octanol–water partition coefficient (Wildman–Crippen LogP) is 1.66. The Morgan fingerprint density at radius 3 is 2.67 bits per heavy atom. The van der Waals surface area contributed by atoms with E-state index in [1.165, 1.54) is 0 Å². The van der Waals surface area contributed by atoms with Crippen molar-refractivity contribution in [3.05, 3.63) is 0 Å². The number of carbonyl (C=O) groups excluding carboxylic acids is 3. The molecule has 0 N–H and O–H groups in total. The maximum atomic E-state index is 12.2. The molecule has 0 aromatic rings. The number of rotatable bonds is 5. The van der Waals surface area contributed by atoms with Gasteiger partial charge in [-0.2, -0.15) is 0 Å². The average Bonchev–Trinajstić information content (AvgIpc) is 2.67. The number of amides is 1. The van der Waals surface area contributed by atoms with Crippen molar-refractivity contribution in [1.82, 2.24) is 4.90 Å². The van der Waals surface area contributed by atoms with Crippen LogP contribution in [0.25, 0.3) is 0 Å². The van der Waals surface area contributed by atoms with Crippen LogP contribution >= 0.6 is 27.7 Å². The Hall–Kier alpha value is -0.760. The Morgan fingerprint density at radius 1 is 1.38 bits per heavy atom. The third-order valence-electron chi connectivity index (χ3n) is 3.47. The van der Waals surface area contributed by atoms with Gasteiger partial charge in [0.25, 0.3) is 0 Å². The summed E-state index contributed by atoms with van der Waals surface area (Å²) in [4.78, 5) is 36.6. The maximum Gasteiger partial charge on any atom is 0.333 e. The summed E-state index contributed by atoms with van der Waals surface area (Å²) in [6.07, 6.45) is 0.968. The van der Waals surface area contributed by atoms with E-state index in [0.717, 1.165) is 0 Å². The van der Waals surface area contributed by atoms with Crippen LogP contribution in [0.5, 0.6) is 0 Å². The van der Waals surface area contributed by atoms with Gasteiger partial charge in [-0.1, -0.05) is 22.9 Å². The van der Waals surface area contributed by atoms with E-state index in [2.05, 4.69) is 15.9 Å². The van der Waals surface area contributed by atoms with Gasteiger partial charge in [-0.15, -0.1) is 11.8 Å². The van der Waals surface area contributed by atoms with E-state index in [1.54, 1.807) is 16.7 Å². The second-order valence-corrected chi connectivity index (χ2v) is 8.27. The minimum absolute atomic E-state index is 0.0484. The first kappa shape index (κ1) is 16.6. The van der Waals surface area contributed by atoms with Crippen molar-refractivity contribution < 1.29 is 23.9 Å². The zero-order valence-electron chi connectivity index (χ0n) is 12.1. The molecule has 2 rings (SSSR count). The van der Waals surface area contributed by atoms with Gasteiger partial charge in [0.2, 0.25) is 12.7 Å². The summed E-state index contributed by atoms with van der Waals surface area (Å²) in [5.74, 6) is -1.04. The van der Waals surface area contributed by atoms with Gasteiger partial charge in [0.15, 0.2) is 0 Å². The molecular formula is C13H18BrNO5S. The molecule has 2 heterocycles. The lowest BCUT2D eigenvalue weighted by Gasteiger charge is -2.41. The number of hydrogen-bond donors (Lipinski definition) is 0. The van der Waals surface area contributed by atoms with Crippen LogP contribution in [0.1, 0.15) is 33.6 Å². The minimum atomic E-state index is -0.654. The highest BCUT2D eigenvalue weighted by molar-refractivity contribution is 9.10. The maximum absolute atomic E-state index is 12.2. The molecule has 118 valence electrons. The van der Waals surface area contributed by atoms with Crippen LogP contribution in [-0.4, -0.2) is 50.5 Å². The van der Waals surface area contributed by atoms with E-state index in [1.807, 2.05) is 20.8 Å². The van der Waals surface area contributed by atoms with E-state index in [-0.39, 0.29) is 16.1 Å². The quantitative estimate of drug-likeness (QED) is 0.313. The number of β-lactam (4-membered cyclic amide) rings is 1. The van der Waals surface area contributed by atoms with Gasteiger partial charge >= 0.3 is 11.9 Å². The summed E-state index contributed by atoms with van der Waals surface area (Å²) >= 11 is 4.88. The van der Waals surface area contributed by atoms with Crippen LogP contribution < -0.4 is 0 Å². The summed E-state index contributed by atoms with van der Waals surface area (Å²) in [7, 11) is 0. The summed E-state index contributed by atoms with van der Waals surface area (Å²) in [5, 5.41) is -0.0484. The monoisotopic (exact) mass is 379 g/mol. The number of hydrogen-bond acceptors (Lipinski definition) is 6. The van der Waals surface area contributed by atoms with Crippen molar-refractivity contribution in [2.24, 2.45) is 0 Å². The lowest BCUT2D eigenvalue weighted by molar-refractivity contribution is -0.175. The van der Waals surface area contributed by atoms with Crippen LogP contribution in [-0.2, 0) is 23.9 Å². The number of carbonyl (C=O) groups is 3. The summed E-state index contributed by atoms with van der Waals surface area (Å²) in [6.45, 7) is 5.26. The summed E-state index contributed by atoms with van der Waals surface area (Å²) in [6, 6.07) is -0.654. The smallest absolute Gasteiger partial charge is 0.333 e. The molecule has 0 aliphatic carbocycles. The largest absolute Gasteiger partial charge is 0.428 e. The molecule has 8 heteroatoms. The number of thioether (sulfide) groups is 1. The molecule has 0 aromatic carbocycles. The molecule has 2 fully saturated rings. The number of alkyl halides is 1. The van der Waals surface area contributed by atoms with E-state index < -0.39 is 29.5 Å². The Labute approximate surface area is 136 Å². The first-order valence-electron chi connectivity index (χ1n) is 6.76. The molecule has 3 atom stereocenters. The van der Waals surface area contributed by atoms with Crippen LogP contribution in [0.15, 0.2) is 0 Å². The predicted molar refractivity (Wildman–Crippen MR) is 80.8 cm³/mol. The van der Waals surface area contributed by atoms with Gasteiger partial charge in [0, 0.05) is 11.2 Å². The van der Waals surface area contributed by atoms with E-state index in [4.69, 9.17) is 9.47 Å². The molecule has 2 saturated heterocycles. The standard InChI is InChI=1S/C13H18BrNO5S/c1-4-5-7(16)19-6-20-12(18)9-13(2,3)21-11-8(14)10(17)15(9)11/h8-9,11H,4-6H2,1-3H3/t8-,9+,11-/m1/s1. The van der Waals surface area contributed by atoms with Gasteiger partial charge < -0.3 is 14.4 Å². The van der Waals surface area contributed by atoms with Crippen LogP contribution in [0.3, 0.4) is 0 Å². The van der Waals surface area contributed by atoms with Gasteiger partial charge in [-0.3, -0.25) is 9.59 Å². The molecule has 0 radical (unpaired) electrons. The molecule has 6 nitrogen and oxygen atoms in total. The fourth-order valence-electron chi connectivity index (χ4n) is 2.46. The second-order valence-electron chi connectivity index (χ2n) is 5.51. The Bertz CT molecular complexity index is 469. The van der Waals surface area contributed by atoms with Crippen LogP contribution in [0.2, 0.25) is 0 Å². The van der Waals surface area contributed by atoms with Gasteiger partial charge in [-0.25, -0.2) is 4.79 Å². The molecule has 0 aromatic heterocycles. The highest BCUT2D eigenvalue weighted by Gasteiger charge is 2.63. The molecule has 0 saturated carbocycles. The molecule has 0 unspecified atom stereocenters. The zero-order chi connectivity index (χ0) is 15.8. The van der Waals surface area contributed by atoms with Crippen molar-refractivity contribution in [3.63, 3.8) is 0 Å². The van der Waals surface area contributed by atoms with E-state index in [0.29, 0.717) is 12.8 Å². The number of nitrogens with zero attached hydrogens (tertiary/aromatic N) is 1. The highest BCUT2D eigenvalue weighted by Crippen LogP contribution is 2.52. The molecule has 21 heavy (non-hydrogen) atoms. The van der Waals surface area contributed by atoms with Crippen molar-refractivity contribution in [2.75, 3.05) is 6.79 Å². The molecule has 1 amide bonds. The Kier molecular flexibility index (Phi) is 4.87. The third-order valence-corrected chi connectivity index (χ3v) is 6.29. The lowest BCUT2D eigenvalue weighted by atomic mass is 9.98. The van der Waals surface area contributed by atoms with Gasteiger partial charge in [-0.05, 0) is 20.3 Å². The molecule has 0 bridgehead atoms. The first-order chi connectivity index (χ1) is 9.79. The van der Waals surface area contributed by atoms with E-state index in [9.17, 15) is 14.4 Å². The minimum Gasteiger partial charge on any atom is -0.428 e. The topological polar surface area (TPSA) is 72.9 Å². The fourth-order valence-corrected chi connectivity index (χ4v) is 4.81. The third kappa shape index (κ3) is 3.06. The molecule has 0 spiro atoms. The summed E-state index contributed by atoms with van der Waals surface area (Å²) < 4.78 is 9.38. The van der Waals surface area contributed by atoms with Gasteiger partial charge in [0.1, 0.15) is 16.2 Å². The highest BCUT2D eigenvalue weighted by atomic mass is 79.9. The average molecular weight is 380 g/mol. The Balaban J connectivity index is 1.92. The molecule has 2 aliphatic heterocycles. The SMILES string of the molecule is CCCC(=O)OCOC(=O)[C@@H]1N2C(=O)[C@@H](Br)[C@H]2SC1(C)C. The number of esters is 2. The van der Waals surface area contributed by atoms with Gasteiger partial charge in [0.05, 0.1) is 0 Å². The van der Waals surface area contributed by atoms with Crippen molar-refractivity contribution in [1.29, 1.82) is 0 Å². The molecular weight excluding hydrogens is 362 g/mol. The van der Waals surface area contributed by atoms with Crippen molar-refractivity contribution in [3.8, 4) is 0 Å². The van der Waals surface area contributed by atoms with E-state index >= 15 is 0 Å². The summed E-state index contributed by atoms with van der Waals surface area (Å²) in [5.41, 5.74) is 0. The molecule has 2 aliphatic rings. The second kappa shape index (κ2) is 6.16. The van der Waals surface area contributed by atoms with Crippen molar-refractivity contribution >= 4 is 45.5 Å². The van der Waals surface area contributed by atoms with Crippen LogP contribution in [0, 0.1) is 0 Å². The van der Waals surface area contributed by atoms with Crippen LogP contribution in [0.4, 0.5) is 0 Å². The Morgan fingerprint density at radius 2 is 2.05 bits per heavy atom. The first-order valence-corrected chi connectivity index (χ1v) is 8.55. The number of fused-ring (bicyclic) bond motifs is 1. The number of halogens is 1. The normalized spacial score (nSPS) is 29.6. The lowest BCUT2D eigenvalue weighted by Crippen LogP contribution is -2.63. The number of ether oxygens (including phenoxy) is 2. The zero-order valence-corrected chi connectivity index (χ0v) is 14.5. The fraction of sp³-hybridized carbons (Fsp3) is 0.769. The van der Waals surface area contributed by atoms with Crippen molar-refractivity contribution in [2.45, 2.75) is 54.6 Å².